The van der Waals surface area contributed by atoms with E-state index in [2.05, 4.69) is 9.97 Å². The van der Waals surface area contributed by atoms with Crippen LogP contribution in [0.3, 0.4) is 0 Å². The SMILES string of the molecule is Cc1cc(-c2csc3nc(-c4ccc(Cl)cc4)[nH]c(=O)c23)ccc1Cl. The molecule has 4 rings (SSSR count). The number of thiophene rings is 1. The van der Waals surface area contributed by atoms with Crippen molar-refractivity contribution in [3.05, 3.63) is 73.8 Å². The number of nitrogens with one attached hydrogen (secondary N) is 1. The Kier molecular flexibility index (Phi) is 4.12. The number of halogens is 2. The van der Waals surface area contributed by atoms with Crippen LogP contribution in [0.15, 0.2) is 52.6 Å². The maximum absolute atomic E-state index is 12.7. The van der Waals surface area contributed by atoms with E-state index in [0.29, 0.717) is 26.1 Å². The Labute approximate surface area is 157 Å². The van der Waals surface area contributed by atoms with E-state index in [0.717, 1.165) is 22.3 Å². The number of hydrogen-bond acceptors (Lipinski definition) is 3. The predicted octanol–water partition coefficient (Wildman–Crippen LogP) is 5.93. The second-order valence-corrected chi connectivity index (χ2v) is 7.42. The summed E-state index contributed by atoms with van der Waals surface area (Å²) in [6.07, 6.45) is 0. The highest BCUT2D eigenvalue weighted by molar-refractivity contribution is 7.17. The Balaban J connectivity index is 1.89. The molecule has 2 aromatic heterocycles. The van der Waals surface area contributed by atoms with Gasteiger partial charge in [-0.1, -0.05) is 29.3 Å². The van der Waals surface area contributed by atoms with E-state index in [1.807, 2.05) is 42.6 Å². The Morgan fingerprint density at radius 1 is 1.04 bits per heavy atom. The maximum Gasteiger partial charge on any atom is 0.260 e. The number of aromatic amines is 1. The lowest BCUT2D eigenvalue weighted by molar-refractivity contribution is 1.19. The summed E-state index contributed by atoms with van der Waals surface area (Å²) >= 11 is 13.5. The molecule has 25 heavy (non-hydrogen) atoms. The molecule has 124 valence electrons. The number of H-pyrrole nitrogens is 1. The summed E-state index contributed by atoms with van der Waals surface area (Å²) in [4.78, 5) is 20.9. The maximum atomic E-state index is 12.7. The Hall–Kier alpha value is -2.14. The molecule has 2 heterocycles. The molecule has 0 aliphatic carbocycles. The molecular formula is C19H12Cl2N2OS. The van der Waals surface area contributed by atoms with Gasteiger partial charge in [-0.3, -0.25) is 4.79 Å². The van der Waals surface area contributed by atoms with Crippen LogP contribution in [-0.2, 0) is 0 Å². The van der Waals surface area contributed by atoms with Crippen molar-refractivity contribution in [1.82, 2.24) is 9.97 Å². The number of hydrogen-bond donors (Lipinski definition) is 1. The van der Waals surface area contributed by atoms with E-state index in [-0.39, 0.29) is 5.56 Å². The summed E-state index contributed by atoms with van der Waals surface area (Å²) in [5, 5.41) is 3.91. The van der Waals surface area contributed by atoms with Crippen molar-refractivity contribution in [2.75, 3.05) is 0 Å². The van der Waals surface area contributed by atoms with Gasteiger partial charge < -0.3 is 4.98 Å². The summed E-state index contributed by atoms with van der Waals surface area (Å²) in [6.45, 7) is 1.95. The molecule has 0 saturated carbocycles. The molecule has 0 aliphatic rings. The third-order valence-corrected chi connectivity index (χ3v) is 5.58. The number of aromatic nitrogens is 2. The first-order chi connectivity index (χ1) is 12.0. The van der Waals surface area contributed by atoms with Gasteiger partial charge in [-0.05, 0) is 54.4 Å². The fourth-order valence-electron chi connectivity index (χ4n) is 2.72. The molecule has 0 fully saturated rings. The van der Waals surface area contributed by atoms with Crippen molar-refractivity contribution in [3.63, 3.8) is 0 Å². The number of benzene rings is 2. The van der Waals surface area contributed by atoms with Crippen molar-refractivity contribution >= 4 is 44.8 Å². The van der Waals surface area contributed by atoms with Gasteiger partial charge in [-0.2, -0.15) is 0 Å². The molecule has 0 bridgehead atoms. The Morgan fingerprint density at radius 2 is 1.76 bits per heavy atom. The molecule has 0 unspecified atom stereocenters. The minimum absolute atomic E-state index is 0.154. The minimum Gasteiger partial charge on any atom is -0.306 e. The van der Waals surface area contributed by atoms with Gasteiger partial charge in [-0.25, -0.2) is 4.98 Å². The van der Waals surface area contributed by atoms with Crippen LogP contribution in [-0.4, -0.2) is 9.97 Å². The lowest BCUT2D eigenvalue weighted by Gasteiger charge is -2.04. The van der Waals surface area contributed by atoms with Gasteiger partial charge >= 0.3 is 0 Å². The highest BCUT2D eigenvalue weighted by Crippen LogP contribution is 2.33. The largest absolute Gasteiger partial charge is 0.306 e. The molecule has 6 heteroatoms. The van der Waals surface area contributed by atoms with Gasteiger partial charge in [0.05, 0.1) is 5.39 Å². The summed E-state index contributed by atoms with van der Waals surface area (Å²) in [7, 11) is 0. The molecule has 0 aliphatic heterocycles. The van der Waals surface area contributed by atoms with E-state index < -0.39 is 0 Å². The predicted molar refractivity (Wildman–Crippen MR) is 106 cm³/mol. The van der Waals surface area contributed by atoms with Gasteiger partial charge in [0.25, 0.3) is 5.56 Å². The van der Waals surface area contributed by atoms with Crippen LogP contribution in [0.4, 0.5) is 0 Å². The number of aryl methyl sites for hydroxylation is 1. The molecule has 0 atom stereocenters. The number of fused-ring (bicyclic) bond motifs is 1. The number of nitrogens with zero attached hydrogens (tertiary/aromatic N) is 1. The van der Waals surface area contributed by atoms with E-state index in [4.69, 9.17) is 23.2 Å². The van der Waals surface area contributed by atoms with Crippen LogP contribution < -0.4 is 5.56 Å². The fourth-order valence-corrected chi connectivity index (χ4v) is 3.91. The molecule has 2 aromatic carbocycles. The third kappa shape index (κ3) is 2.97. The van der Waals surface area contributed by atoms with Gasteiger partial charge in [0, 0.05) is 26.6 Å². The quantitative estimate of drug-likeness (QED) is 0.463. The van der Waals surface area contributed by atoms with Crippen LogP contribution in [0.1, 0.15) is 5.56 Å². The van der Waals surface area contributed by atoms with E-state index in [1.165, 1.54) is 11.3 Å². The summed E-state index contributed by atoms with van der Waals surface area (Å²) in [6, 6.07) is 13.0. The van der Waals surface area contributed by atoms with Gasteiger partial charge in [0.15, 0.2) is 0 Å². The normalized spacial score (nSPS) is 11.2. The van der Waals surface area contributed by atoms with Crippen LogP contribution in [0, 0.1) is 6.92 Å². The fraction of sp³-hybridized carbons (Fsp3) is 0.0526. The van der Waals surface area contributed by atoms with Gasteiger partial charge in [0.1, 0.15) is 10.7 Å². The molecule has 4 aromatic rings. The van der Waals surface area contributed by atoms with Crippen molar-refractivity contribution in [2.24, 2.45) is 0 Å². The zero-order valence-electron chi connectivity index (χ0n) is 13.1. The minimum atomic E-state index is -0.154. The summed E-state index contributed by atoms with van der Waals surface area (Å²) in [5.74, 6) is 0.537. The first kappa shape index (κ1) is 16.3. The average molecular weight is 387 g/mol. The van der Waals surface area contributed by atoms with Crippen LogP contribution in [0.5, 0.6) is 0 Å². The first-order valence-corrected chi connectivity index (χ1v) is 9.20. The Bertz CT molecular complexity index is 1150. The number of rotatable bonds is 2. The molecule has 0 amide bonds. The smallest absolute Gasteiger partial charge is 0.260 e. The summed E-state index contributed by atoms with van der Waals surface area (Å²) < 4.78 is 0. The third-order valence-electron chi connectivity index (χ3n) is 4.03. The standard InChI is InChI=1S/C19H12Cl2N2OS/c1-10-8-12(4-7-15(10)21)14-9-25-19-16(14)18(24)22-17(23-19)11-2-5-13(20)6-3-11/h2-9H,1H3,(H,22,23,24). The van der Waals surface area contributed by atoms with E-state index in [9.17, 15) is 4.79 Å². The molecular weight excluding hydrogens is 375 g/mol. The highest BCUT2D eigenvalue weighted by atomic mass is 35.5. The van der Waals surface area contributed by atoms with E-state index in [1.54, 1.807) is 12.1 Å². The van der Waals surface area contributed by atoms with Gasteiger partial charge in [-0.15, -0.1) is 11.3 Å². The summed E-state index contributed by atoms with van der Waals surface area (Å²) in [5.41, 5.74) is 3.47. The molecule has 1 N–H and O–H groups in total. The van der Waals surface area contributed by atoms with Crippen molar-refractivity contribution in [3.8, 4) is 22.5 Å². The topological polar surface area (TPSA) is 45.8 Å². The average Bonchev–Trinajstić information content (AvgIpc) is 3.02. The van der Waals surface area contributed by atoms with E-state index >= 15 is 0 Å². The van der Waals surface area contributed by atoms with Gasteiger partial charge in [0.2, 0.25) is 0 Å². The van der Waals surface area contributed by atoms with Crippen molar-refractivity contribution in [2.45, 2.75) is 6.92 Å². The second kappa shape index (κ2) is 6.30. The highest BCUT2D eigenvalue weighted by Gasteiger charge is 2.14. The molecule has 0 spiro atoms. The van der Waals surface area contributed by atoms with Crippen LogP contribution in [0.2, 0.25) is 10.0 Å². The molecule has 0 radical (unpaired) electrons. The monoisotopic (exact) mass is 386 g/mol. The van der Waals surface area contributed by atoms with Crippen LogP contribution >= 0.6 is 34.5 Å². The molecule has 0 saturated heterocycles. The lowest BCUT2D eigenvalue weighted by atomic mass is 10.0. The zero-order chi connectivity index (χ0) is 17.6. The van der Waals surface area contributed by atoms with Crippen LogP contribution in [0.25, 0.3) is 32.7 Å². The lowest BCUT2D eigenvalue weighted by Crippen LogP contribution is -2.09. The Morgan fingerprint density at radius 3 is 2.48 bits per heavy atom. The van der Waals surface area contributed by atoms with Crippen molar-refractivity contribution in [1.29, 1.82) is 0 Å². The molecule has 3 nitrogen and oxygen atoms in total. The zero-order valence-corrected chi connectivity index (χ0v) is 15.5. The van der Waals surface area contributed by atoms with Crippen molar-refractivity contribution < 1.29 is 0 Å². The second-order valence-electron chi connectivity index (χ2n) is 5.71. The first-order valence-electron chi connectivity index (χ1n) is 7.57.